The van der Waals surface area contributed by atoms with E-state index in [2.05, 4.69) is 44.2 Å². The average Bonchev–Trinajstić information content (AvgIpc) is 2.98. The van der Waals surface area contributed by atoms with Crippen molar-refractivity contribution in [2.45, 2.75) is 39.2 Å². The molecule has 0 aromatic carbocycles. The summed E-state index contributed by atoms with van der Waals surface area (Å²) in [5.41, 5.74) is 0.364. The number of nitrogens with one attached hydrogen (secondary N) is 1. The SMILES string of the molecule is CC1(C)CCC(Nc2nc(Cl)nc(-n3cncn3)n2)C1. The lowest BCUT2D eigenvalue weighted by atomic mass is 9.92. The molecule has 20 heavy (non-hydrogen) atoms. The number of rotatable bonds is 3. The maximum Gasteiger partial charge on any atom is 0.258 e. The molecule has 106 valence electrons. The van der Waals surface area contributed by atoms with E-state index in [0.717, 1.165) is 12.8 Å². The predicted octanol–water partition coefficient (Wildman–Crippen LogP) is 2.10. The Morgan fingerprint density at radius 3 is 2.85 bits per heavy atom. The molecule has 0 amide bonds. The largest absolute Gasteiger partial charge is 0.351 e. The minimum atomic E-state index is 0.144. The average molecular weight is 294 g/mol. The van der Waals surface area contributed by atoms with Gasteiger partial charge in [-0.2, -0.15) is 24.7 Å². The fourth-order valence-electron chi connectivity index (χ4n) is 2.56. The summed E-state index contributed by atoms with van der Waals surface area (Å²) in [6, 6.07) is 0.368. The van der Waals surface area contributed by atoms with Crippen LogP contribution in [0, 0.1) is 5.41 Å². The van der Waals surface area contributed by atoms with E-state index in [9.17, 15) is 0 Å². The molecule has 2 aromatic rings. The van der Waals surface area contributed by atoms with E-state index in [1.807, 2.05) is 0 Å². The first kappa shape index (κ1) is 13.2. The van der Waals surface area contributed by atoms with E-state index < -0.39 is 0 Å². The Kier molecular flexibility index (Phi) is 3.29. The van der Waals surface area contributed by atoms with Crippen molar-refractivity contribution in [2.75, 3.05) is 5.32 Å². The van der Waals surface area contributed by atoms with Gasteiger partial charge in [0.15, 0.2) is 0 Å². The van der Waals surface area contributed by atoms with Gasteiger partial charge in [0.2, 0.25) is 11.2 Å². The number of anilines is 1. The van der Waals surface area contributed by atoms with E-state index >= 15 is 0 Å². The normalized spacial score (nSPS) is 21.1. The minimum absolute atomic E-state index is 0.144. The smallest absolute Gasteiger partial charge is 0.258 e. The van der Waals surface area contributed by atoms with Gasteiger partial charge in [0.05, 0.1) is 0 Å². The van der Waals surface area contributed by atoms with Crippen LogP contribution in [0.4, 0.5) is 5.95 Å². The molecule has 2 heterocycles. The Balaban J connectivity index is 1.80. The van der Waals surface area contributed by atoms with Crippen molar-refractivity contribution in [3.8, 4) is 5.95 Å². The fourth-order valence-corrected chi connectivity index (χ4v) is 2.72. The van der Waals surface area contributed by atoms with Crippen LogP contribution in [0.25, 0.3) is 5.95 Å². The topological polar surface area (TPSA) is 81.4 Å². The monoisotopic (exact) mass is 293 g/mol. The highest BCUT2D eigenvalue weighted by Gasteiger charge is 2.31. The van der Waals surface area contributed by atoms with Crippen LogP contribution in [0.5, 0.6) is 0 Å². The lowest BCUT2D eigenvalue weighted by molar-refractivity contribution is 0.378. The Morgan fingerprint density at radius 1 is 1.35 bits per heavy atom. The number of halogens is 1. The summed E-state index contributed by atoms with van der Waals surface area (Å²) < 4.78 is 1.46. The highest BCUT2D eigenvalue weighted by atomic mass is 35.5. The summed E-state index contributed by atoms with van der Waals surface area (Å²) >= 11 is 5.94. The maximum atomic E-state index is 5.94. The zero-order chi connectivity index (χ0) is 14.2. The number of hydrogen-bond donors (Lipinski definition) is 1. The van der Waals surface area contributed by atoms with Gasteiger partial charge in [0.25, 0.3) is 5.95 Å². The molecule has 1 N–H and O–H groups in total. The molecule has 1 atom stereocenters. The Hall–Kier alpha value is -1.76. The minimum Gasteiger partial charge on any atom is -0.351 e. The zero-order valence-electron chi connectivity index (χ0n) is 11.4. The van der Waals surface area contributed by atoms with Crippen molar-refractivity contribution in [1.82, 2.24) is 29.7 Å². The molecule has 1 saturated carbocycles. The van der Waals surface area contributed by atoms with Crippen molar-refractivity contribution in [3.05, 3.63) is 17.9 Å². The molecular formula is C12H16ClN7. The van der Waals surface area contributed by atoms with Crippen LogP contribution in [0.3, 0.4) is 0 Å². The molecule has 8 heteroatoms. The van der Waals surface area contributed by atoms with E-state index in [1.165, 1.54) is 23.8 Å². The second-order valence-electron chi connectivity index (χ2n) is 5.82. The van der Waals surface area contributed by atoms with E-state index in [0.29, 0.717) is 23.4 Å². The van der Waals surface area contributed by atoms with Crippen molar-refractivity contribution in [1.29, 1.82) is 0 Å². The molecule has 0 aliphatic heterocycles. The molecule has 1 unspecified atom stereocenters. The third-order valence-electron chi connectivity index (χ3n) is 3.52. The second kappa shape index (κ2) is 4.97. The van der Waals surface area contributed by atoms with Gasteiger partial charge in [0, 0.05) is 6.04 Å². The Labute approximate surface area is 121 Å². The summed E-state index contributed by atoms with van der Waals surface area (Å²) in [4.78, 5) is 16.4. The van der Waals surface area contributed by atoms with Gasteiger partial charge in [-0.1, -0.05) is 13.8 Å². The molecule has 0 spiro atoms. The van der Waals surface area contributed by atoms with E-state index in [-0.39, 0.29) is 5.28 Å². The number of aromatic nitrogens is 6. The summed E-state index contributed by atoms with van der Waals surface area (Å²) in [7, 11) is 0. The highest BCUT2D eigenvalue weighted by Crippen LogP contribution is 2.37. The van der Waals surface area contributed by atoms with E-state index in [1.54, 1.807) is 0 Å². The van der Waals surface area contributed by atoms with Gasteiger partial charge in [-0.3, -0.25) is 0 Å². The molecule has 0 saturated heterocycles. The van der Waals surface area contributed by atoms with Gasteiger partial charge in [-0.25, -0.2) is 4.98 Å². The van der Waals surface area contributed by atoms with Crippen LogP contribution in [-0.2, 0) is 0 Å². The summed E-state index contributed by atoms with van der Waals surface area (Å²) in [6.45, 7) is 4.55. The van der Waals surface area contributed by atoms with Crippen molar-refractivity contribution in [3.63, 3.8) is 0 Å². The van der Waals surface area contributed by atoms with Crippen LogP contribution < -0.4 is 5.32 Å². The molecule has 1 aliphatic rings. The zero-order valence-corrected chi connectivity index (χ0v) is 12.2. The van der Waals surface area contributed by atoms with Crippen LogP contribution in [-0.4, -0.2) is 35.8 Å². The molecule has 1 aliphatic carbocycles. The molecule has 1 fully saturated rings. The highest BCUT2D eigenvalue weighted by molar-refractivity contribution is 6.28. The Morgan fingerprint density at radius 2 is 2.20 bits per heavy atom. The fraction of sp³-hybridized carbons (Fsp3) is 0.583. The first-order valence-electron chi connectivity index (χ1n) is 6.55. The Bertz CT molecular complexity index is 596. The quantitative estimate of drug-likeness (QED) is 0.933. The van der Waals surface area contributed by atoms with Crippen LogP contribution >= 0.6 is 11.6 Å². The first-order chi connectivity index (χ1) is 9.52. The lowest BCUT2D eigenvalue weighted by Gasteiger charge is -2.17. The van der Waals surface area contributed by atoms with Gasteiger partial charge in [-0.05, 0) is 36.3 Å². The van der Waals surface area contributed by atoms with Crippen LogP contribution in [0.1, 0.15) is 33.1 Å². The molecule has 0 radical (unpaired) electrons. The lowest BCUT2D eigenvalue weighted by Crippen LogP contribution is -2.20. The van der Waals surface area contributed by atoms with Gasteiger partial charge in [0.1, 0.15) is 12.7 Å². The molecule has 3 rings (SSSR count). The third-order valence-corrected chi connectivity index (χ3v) is 3.69. The second-order valence-corrected chi connectivity index (χ2v) is 6.15. The number of nitrogens with zero attached hydrogens (tertiary/aromatic N) is 6. The van der Waals surface area contributed by atoms with Gasteiger partial charge < -0.3 is 5.32 Å². The summed E-state index contributed by atoms with van der Waals surface area (Å²) in [5, 5.41) is 7.47. The van der Waals surface area contributed by atoms with Crippen LogP contribution in [0.15, 0.2) is 12.7 Å². The van der Waals surface area contributed by atoms with Crippen LogP contribution in [0.2, 0.25) is 5.28 Å². The van der Waals surface area contributed by atoms with Crippen molar-refractivity contribution < 1.29 is 0 Å². The first-order valence-corrected chi connectivity index (χ1v) is 6.93. The molecule has 7 nitrogen and oxygen atoms in total. The van der Waals surface area contributed by atoms with Gasteiger partial charge >= 0.3 is 0 Å². The molecule has 2 aromatic heterocycles. The van der Waals surface area contributed by atoms with Gasteiger partial charge in [-0.15, -0.1) is 0 Å². The predicted molar refractivity (Wildman–Crippen MR) is 74.8 cm³/mol. The standard InChI is InChI=1S/C12H16ClN7/c1-12(2)4-3-8(5-12)16-10-17-9(13)18-11(19-10)20-7-14-6-15-20/h6-8H,3-5H2,1-2H3,(H,16,17,18,19). The van der Waals surface area contributed by atoms with Crippen molar-refractivity contribution >= 4 is 17.5 Å². The van der Waals surface area contributed by atoms with Crippen molar-refractivity contribution in [2.24, 2.45) is 5.41 Å². The third kappa shape index (κ3) is 2.87. The molecule has 0 bridgehead atoms. The van der Waals surface area contributed by atoms with E-state index in [4.69, 9.17) is 11.6 Å². The number of hydrogen-bond acceptors (Lipinski definition) is 6. The molecular weight excluding hydrogens is 278 g/mol. The summed E-state index contributed by atoms with van der Waals surface area (Å²) in [6.07, 6.45) is 6.34. The summed E-state index contributed by atoms with van der Waals surface area (Å²) in [5.74, 6) is 0.848. The maximum absolute atomic E-state index is 5.94.